The fourth-order valence-electron chi connectivity index (χ4n) is 1.25. The van der Waals surface area contributed by atoms with Crippen LogP contribution >= 0.6 is 45.2 Å². The second-order valence-electron chi connectivity index (χ2n) is 2.49. The third-order valence-corrected chi connectivity index (χ3v) is 3.96. The lowest BCUT2D eigenvalue weighted by Gasteiger charge is -2.21. The van der Waals surface area contributed by atoms with Crippen molar-refractivity contribution in [2.45, 2.75) is 12.8 Å². The van der Waals surface area contributed by atoms with Crippen LogP contribution in [0.25, 0.3) is 0 Å². The average molecular weight is 356 g/mol. The van der Waals surface area contributed by atoms with Crippen LogP contribution in [0.5, 0.6) is 0 Å². The quantitative estimate of drug-likeness (QED) is 0.628. The minimum absolute atomic E-state index is 1.30. The van der Waals surface area contributed by atoms with Gasteiger partial charge >= 0.3 is 0 Å². The van der Waals surface area contributed by atoms with E-state index >= 15 is 0 Å². The lowest BCUT2D eigenvalue weighted by molar-refractivity contribution is 0.824. The van der Waals surface area contributed by atoms with E-state index in [1.165, 1.54) is 20.0 Å². The van der Waals surface area contributed by atoms with Gasteiger partial charge in [-0.25, -0.2) is 0 Å². The van der Waals surface area contributed by atoms with Crippen LogP contribution in [-0.2, 0) is 12.8 Å². The van der Waals surface area contributed by atoms with Crippen LogP contribution in [0.4, 0.5) is 0 Å². The van der Waals surface area contributed by atoms with Crippen molar-refractivity contribution in [3.8, 4) is 0 Å². The number of hydrogen-bond acceptors (Lipinski definition) is 0. The molecule has 10 heavy (non-hydrogen) atoms. The van der Waals surface area contributed by atoms with Gasteiger partial charge in [-0.2, -0.15) is 0 Å². The molecule has 0 heterocycles. The lowest BCUT2D eigenvalue weighted by atomic mass is 9.89. The van der Waals surface area contributed by atoms with Crippen LogP contribution in [0.2, 0.25) is 0 Å². The highest BCUT2D eigenvalue weighted by Gasteiger charge is 2.17. The van der Waals surface area contributed by atoms with Crippen LogP contribution in [0.3, 0.4) is 0 Å². The maximum absolute atomic E-state index is 2.41. The molecule has 0 radical (unpaired) electrons. The Morgan fingerprint density at radius 3 is 1.60 bits per heavy atom. The smallest absolute Gasteiger partial charge is 0.0165 e. The highest BCUT2D eigenvalue weighted by molar-refractivity contribution is 14.1. The highest BCUT2D eigenvalue weighted by Crippen LogP contribution is 2.31. The van der Waals surface area contributed by atoms with E-state index in [0.717, 1.165) is 0 Å². The number of hydrogen-bond donors (Lipinski definition) is 0. The Morgan fingerprint density at radius 1 is 0.900 bits per heavy atom. The lowest BCUT2D eigenvalue weighted by Crippen LogP contribution is -2.12. The molecule has 0 spiro atoms. The van der Waals surface area contributed by atoms with E-state index in [9.17, 15) is 0 Å². The van der Waals surface area contributed by atoms with Crippen LogP contribution in [0.15, 0.2) is 12.1 Å². The van der Waals surface area contributed by atoms with Crippen LogP contribution in [0.1, 0.15) is 11.1 Å². The minimum Gasteiger partial charge on any atom is -0.0475 e. The maximum atomic E-state index is 2.41. The largest absolute Gasteiger partial charge is 0.0475 e. The predicted molar refractivity (Wildman–Crippen MR) is 59.3 cm³/mol. The SMILES string of the molecule is Ic1ccc(I)c2c1CC2. The van der Waals surface area contributed by atoms with Crippen molar-refractivity contribution in [1.29, 1.82) is 0 Å². The molecule has 0 bridgehead atoms. The van der Waals surface area contributed by atoms with Gasteiger partial charge in [-0.1, -0.05) is 0 Å². The van der Waals surface area contributed by atoms with Crippen LogP contribution < -0.4 is 0 Å². The molecule has 0 aromatic heterocycles. The van der Waals surface area contributed by atoms with E-state index in [-0.39, 0.29) is 0 Å². The summed E-state index contributed by atoms with van der Waals surface area (Å²) in [4.78, 5) is 0. The number of rotatable bonds is 0. The van der Waals surface area contributed by atoms with Gasteiger partial charge in [-0.3, -0.25) is 0 Å². The van der Waals surface area contributed by atoms with E-state index in [1.807, 2.05) is 0 Å². The molecule has 0 amide bonds. The molecule has 0 atom stereocenters. The summed E-state index contributed by atoms with van der Waals surface area (Å²) in [5.74, 6) is 0. The Hall–Kier alpha value is 0.680. The van der Waals surface area contributed by atoms with Crippen molar-refractivity contribution in [2.75, 3.05) is 0 Å². The predicted octanol–water partition coefficient (Wildman–Crippen LogP) is 2.99. The summed E-state index contributed by atoms with van der Waals surface area (Å²) in [7, 11) is 0. The first kappa shape index (κ1) is 7.34. The molecular weight excluding hydrogens is 350 g/mol. The molecule has 0 aliphatic heterocycles. The Morgan fingerprint density at radius 2 is 1.30 bits per heavy atom. The van der Waals surface area contributed by atoms with Crippen molar-refractivity contribution in [2.24, 2.45) is 0 Å². The van der Waals surface area contributed by atoms with Gasteiger partial charge in [0.2, 0.25) is 0 Å². The first-order valence-corrected chi connectivity index (χ1v) is 5.40. The highest BCUT2D eigenvalue weighted by atomic mass is 127. The summed E-state index contributed by atoms with van der Waals surface area (Å²) in [5.41, 5.74) is 3.18. The van der Waals surface area contributed by atoms with Gasteiger partial charge < -0.3 is 0 Å². The van der Waals surface area contributed by atoms with Gasteiger partial charge in [0.15, 0.2) is 0 Å². The Labute approximate surface area is 87.7 Å². The van der Waals surface area contributed by atoms with Crippen molar-refractivity contribution < 1.29 is 0 Å². The molecule has 0 unspecified atom stereocenters. The molecule has 1 aliphatic rings. The summed E-state index contributed by atoms with van der Waals surface area (Å²) < 4.78 is 2.89. The van der Waals surface area contributed by atoms with Crippen LogP contribution in [-0.4, -0.2) is 0 Å². The molecule has 52 valence electrons. The average Bonchev–Trinajstić information content (AvgIpc) is 1.78. The molecule has 1 aromatic carbocycles. The summed E-state index contributed by atoms with van der Waals surface area (Å²) in [6, 6.07) is 4.42. The fraction of sp³-hybridized carbons (Fsp3) is 0.250. The fourth-order valence-corrected chi connectivity index (χ4v) is 2.80. The molecule has 2 heteroatoms. The zero-order chi connectivity index (χ0) is 7.14. The van der Waals surface area contributed by atoms with Gasteiger partial charge in [0.05, 0.1) is 0 Å². The molecule has 0 saturated carbocycles. The zero-order valence-electron chi connectivity index (χ0n) is 5.32. The molecule has 0 saturated heterocycles. The Balaban J connectivity index is 2.66. The summed E-state index contributed by atoms with van der Waals surface area (Å²) in [5, 5.41) is 0. The Kier molecular flexibility index (Phi) is 1.92. The number of fused-ring (bicyclic) bond motifs is 1. The first-order valence-electron chi connectivity index (χ1n) is 3.25. The Bertz CT molecular complexity index is 250. The van der Waals surface area contributed by atoms with E-state index in [4.69, 9.17) is 0 Å². The normalized spacial score (nSPS) is 14.2. The van der Waals surface area contributed by atoms with Gasteiger partial charge in [0.1, 0.15) is 0 Å². The van der Waals surface area contributed by atoms with Crippen molar-refractivity contribution >= 4 is 45.2 Å². The van der Waals surface area contributed by atoms with Gasteiger partial charge in [-0.15, -0.1) is 0 Å². The van der Waals surface area contributed by atoms with E-state index in [2.05, 4.69) is 57.3 Å². The monoisotopic (exact) mass is 356 g/mol. The third kappa shape index (κ3) is 0.995. The van der Waals surface area contributed by atoms with Crippen molar-refractivity contribution in [1.82, 2.24) is 0 Å². The van der Waals surface area contributed by atoms with Crippen molar-refractivity contribution in [3.63, 3.8) is 0 Å². The van der Waals surface area contributed by atoms with E-state index in [1.54, 1.807) is 11.1 Å². The summed E-state index contributed by atoms with van der Waals surface area (Å²) in [6.07, 6.45) is 2.59. The molecule has 2 rings (SSSR count). The van der Waals surface area contributed by atoms with Gasteiger partial charge in [-0.05, 0) is 81.3 Å². The molecule has 1 aromatic rings. The van der Waals surface area contributed by atoms with Crippen molar-refractivity contribution in [3.05, 3.63) is 30.4 Å². The zero-order valence-corrected chi connectivity index (χ0v) is 9.64. The molecule has 0 nitrogen and oxygen atoms in total. The second kappa shape index (κ2) is 2.62. The summed E-state index contributed by atoms with van der Waals surface area (Å²) >= 11 is 4.83. The molecule has 0 fully saturated rings. The minimum atomic E-state index is 1.30. The number of benzene rings is 1. The molecular formula is C8H6I2. The van der Waals surface area contributed by atoms with E-state index < -0.39 is 0 Å². The first-order chi connectivity index (χ1) is 4.79. The maximum Gasteiger partial charge on any atom is 0.0165 e. The topological polar surface area (TPSA) is 0 Å². The standard InChI is InChI=1S/C8H6I2/c9-7-3-4-8(10)6-2-1-5(6)7/h3-4H,1-2H2. The van der Waals surface area contributed by atoms with Gasteiger partial charge in [0, 0.05) is 7.14 Å². The van der Waals surface area contributed by atoms with Crippen LogP contribution in [0, 0.1) is 7.14 Å². The second-order valence-corrected chi connectivity index (χ2v) is 4.81. The molecule has 0 N–H and O–H groups in total. The third-order valence-electron chi connectivity index (χ3n) is 1.94. The van der Waals surface area contributed by atoms with Gasteiger partial charge in [0.25, 0.3) is 0 Å². The number of halogens is 2. The summed E-state index contributed by atoms with van der Waals surface area (Å²) in [6.45, 7) is 0. The van der Waals surface area contributed by atoms with E-state index in [0.29, 0.717) is 0 Å². The molecule has 1 aliphatic carbocycles.